The average Bonchev–Trinajstić information content (AvgIpc) is 2.38. The van der Waals surface area contributed by atoms with Crippen LogP contribution in [0.1, 0.15) is 24.5 Å². The first-order chi connectivity index (χ1) is 8.24. The number of ether oxygens (including phenoxy) is 3. The molecule has 0 saturated carbocycles. The predicted octanol–water partition coefficient (Wildman–Crippen LogP) is 2.12. The molecule has 4 heteroatoms. The minimum atomic E-state index is -0.197. The van der Waals surface area contributed by atoms with Crippen molar-refractivity contribution in [3.05, 3.63) is 23.8 Å². The van der Waals surface area contributed by atoms with Gasteiger partial charge in [0, 0.05) is 24.5 Å². The molecule has 92 valence electrons. The molecule has 0 amide bonds. The van der Waals surface area contributed by atoms with Crippen molar-refractivity contribution in [3.8, 4) is 11.5 Å². The van der Waals surface area contributed by atoms with E-state index >= 15 is 0 Å². The fourth-order valence-electron chi connectivity index (χ4n) is 1.97. The summed E-state index contributed by atoms with van der Waals surface area (Å²) in [5.41, 5.74) is 0.904. The summed E-state index contributed by atoms with van der Waals surface area (Å²) in [7, 11) is 3.21. The summed E-state index contributed by atoms with van der Waals surface area (Å²) in [5, 5.41) is 0. The van der Waals surface area contributed by atoms with Gasteiger partial charge >= 0.3 is 0 Å². The van der Waals surface area contributed by atoms with Gasteiger partial charge in [0.05, 0.1) is 26.9 Å². The van der Waals surface area contributed by atoms with E-state index in [1.165, 1.54) is 0 Å². The number of methoxy groups -OCH3 is 2. The van der Waals surface area contributed by atoms with Gasteiger partial charge in [-0.25, -0.2) is 0 Å². The Morgan fingerprint density at radius 2 is 2.12 bits per heavy atom. The summed E-state index contributed by atoms with van der Waals surface area (Å²) in [6.45, 7) is 0.485. The van der Waals surface area contributed by atoms with Crippen molar-refractivity contribution >= 4 is 5.78 Å². The van der Waals surface area contributed by atoms with Gasteiger partial charge in [-0.3, -0.25) is 4.79 Å². The number of carbonyl (C=O) groups excluding carboxylic acids is 1. The monoisotopic (exact) mass is 236 g/mol. The van der Waals surface area contributed by atoms with Crippen molar-refractivity contribution in [2.45, 2.75) is 18.9 Å². The van der Waals surface area contributed by atoms with Gasteiger partial charge in [0.1, 0.15) is 17.3 Å². The molecule has 1 saturated heterocycles. The topological polar surface area (TPSA) is 44.8 Å². The van der Waals surface area contributed by atoms with Crippen LogP contribution in [-0.2, 0) is 9.53 Å². The van der Waals surface area contributed by atoms with E-state index in [1.54, 1.807) is 20.3 Å². The van der Waals surface area contributed by atoms with Crippen molar-refractivity contribution in [2.75, 3.05) is 20.8 Å². The molecule has 1 aromatic carbocycles. The molecule has 1 aliphatic rings. The molecular formula is C13H16O4. The maximum atomic E-state index is 11.4. The molecule has 2 rings (SSSR count). The zero-order valence-corrected chi connectivity index (χ0v) is 10.1. The third-order valence-electron chi connectivity index (χ3n) is 2.90. The van der Waals surface area contributed by atoms with Crippen LogP contribution in [0.2, 0.25) is 0 Å². The smallest absolute Gasteiger partial charge is 0.138 e. The summed E-state index contributed by atoms with van der Waals surface area (Å²) < 4.78 is 16.0. The number of carbonyl (C=O) groups is 1. The van der Waals surface area contributed by atoms with Crippen LogP contribution < -0.4 is 9.47 Å². The molecule has 4 nitrogen and oxygen atoms in total. The van der Waals surface area contributed by atoms with Gasteiger partial charge in [-0.2, -0.15) is 0 Å². The Morgan fingerprint density at radius 1 is 1.29 bits per heavy atom. The van der Waals surface area contributed by atoms with Crippen LogP contribution in [0, 0.1) is 0 Å². The molecule has 0 bridgehead atoms. The van der Waals surface area contributed by atoms with Crippen molar-refractivity contribution in [1.29, 1.82) is 0 Å². The van der Waals surface area contributed by atoms with E-state index in [-0.39, 0.29) is 11.9 Å². The van der Waals surface area contributed by atoms with Crippen LogP contribution in [0.15, 0.2) is 18.2 Å². The normalized spacial score (nSPS) is 20.1. The Hall–Kier alpha value is -1.55. The molecule has 0 aromatic heterocycles. The minimum absolute atomic E-state index is 0.197. The van der Waals surface area contributed by atoms with Crippen LogP contribution in [0.5, 0.6) is 11.5 Å². The number of benzene rings is 1. The summed E-state index contributed by atoms with van der Waals surface area (Å²) >= 11 is 0. The quantitative estimate of drug-likeness (QED) is 0.806. The minimum Gasteiger partial charge on any atom is -0.497 e. The summed E-state index contributed by atoms with van der Waals surface area (Å²) in [6.07, 6.45) is 0.731. The first-order valence-electron chi connectivity index (χ1n) is 5.60. The maximum absolute atomic E-state index is 11.4. The second kappa shape index (κ2) is 5.19. The fraction of sp³-hybridized carbons (Fsp3) is 0.462. The molecule has 0 N–H and O–H groups in total. The summed E-state index contributed by atoms with van der Waals surface area (Å²) in [5.74, 6) is 1.66. The molecule has 0 spiro atoms. The van der Waals surface area contributed by atoms with Crippen molar-refractivity contribution < 1.29 is 19.0 Å². The van der Waals surface area contributed by atoms with Crippen LogP contribution in [-0.4, -0.2) is 26.6 Å². The van der Waals surface area contributed by atoms with Crippen molar-refractivity contribution in [3.63, 3.8) is 0 Å². The zero-order chi connectivity index (χ0) is 12.3. The molecule has 17 heavy (non-hydrogen) atoms. The number of Topliss-reactive ketones (excluding diaryl/α,β-unsaturated/α-hetero) is 1. The van der Waals surface area contributed by atoms with Crippen LogP contribution in [0.25, 0.3) is 0 Å². The van der Waals surface area contributed by atoms with Gasteiger partial charge in [-0.15, -0.1) is 0 Å². The SMILES string of the molecule is COc1ccc(C2CC(=O)CCO2)c(OC)c1. The largest absolute Gasteiger partial charge is 0.497 e. The van der Waals surface area contributed by atoms with Crippen LogP contribution >= 0.6 is 0 Å². The molecule has 1 aliphatic heterocycles. The van der Waals surface area contributed by atoms with Crippen LogP contribution in [0.3, 0.4) is 0 Å². The lowest BCUT2D eigenvalue weighted by molar-refractivity contribution is -0.128. The first-order valence-corrected chi connectivity index (χ1v) is 5.60. The summed E-state index contributed by atoms with van der Waals surface area (Å²) in [6, 6.07) is 5.54. The first kappa shape index (κ1) is 11.9. The highest BCUT2D eigenvalue weighted by Gasteiger charge is 2.24. The molecule has 0 radical (unpaired) electrons. The molecule has 0 aliphatic carbocycles. The third kappa shape index (κ3) is 2.58. The number of ketones is 1. The highest BCUT2D eigenvalue weighted by molar-refractivity contribution is 5.80. The molecular weight excluding hydrogens is 220 g/mol. The molecule has 1 heterocycles. The second-order valence-electron chi connectivity index (χ2n) is 3.96. The van der Waals surface area contributed by atoms with E-state index in [9.17, 15) is 4.79 Å². The molecule has 1 fully saturated rings. The standard InChI is InChI=1S/C13H16O4/c1-15-10-3-4-11(12(8-10)16-2)13-7-9(14)5-6-17-13/h3-4,8,13H,5-7H2,1-2H3. The van der Waals surface area contributed by atoms with E-state index in [0.29, 0.717) is 25.2 Å². The van der Waals surface area contributed by atoms with E-state index in [4.69, 9.17) is 14.2 Å². The van der Waals surface area contributed by atoms with Crippen LogP contribution in [0.4, 0.5) is 0 Å². The maximum Gasteiger partial charge on any atom is 0.138 e. The highest BCUT2D eigenvalue weighted by Crippen LogP contribution is 2.35. The van der Waals surface area contributed by atoms with Gasteiger partial charge in [0.2, 0.25) is 0 Å². The second-order valence-corrected chi connectivity index (χ2v) is 3.96. The van der Waals surface area contributed by atoms with Crippen molar-refractivity contribution in [1.82, 2.24) is 0 Å². The molecule has 1 unspecified atom stereocenters. The third-order valence-corrected chi connectivity index (χ3v) is 2.90. The Kier molecular flexibility index (Phi) is 3.64. The van der Waals surface area contributed by atoms with E-state index in [0.717, 1.165) is 11.3 Å². The lowest BCUT2D eigenvalue weighted by atomic mass is 9.99. The molecule has 1 atom stereocenters. The number of hydrogen-bond donors (Lipinski definition) is 0. The Balaban J connectivity index is 2.27. The van der Waals surface area contributed by atoms with Gasteiger partial charge in [-0.1, -0.05) is 0 Å². The van der Waals surface area contributed by atoms with Gasteiger partial charge in [-0.05, 0) is 12.1 Å². The van der Waals surface area contributed by atoms with Gasteiger partial charge in [0.15, 0.2) is 0 Å². The summed E-state index contributed by atoms with van der Waals surface area (Å²) in [4.78, 5) is 11.4. The van der Waals surface area contributed by atoms with E-state index < -0.39 is 0 Å². The number of rotatable bonds is 3. The lowest BCUT2D eigenvalue weighted by Gasteiger charge is -2.23. The van der Waals surface area contributed by atoms with E-state index in [1.807, 2.05) is 12.1 Å². The van der Waals surface area contributed by atoms with Gasteiger partial charge < -0.3 is 14.2 Å². The lowest BCUT2D eigenvalue weighted by Crippen LogP contribution is -2.19. The van der Waals surface area contributed by atoms with Gasteiger partial charge in [0.25, 0.3) is 0 Å². The average molecular weight is 236 g/mol. The Morgan fingerprint density at radius 3 is 2.76 bits per heavy atom. The predicted molar refractivity (Wildman–Crippen MR) is 62.5 cm³/mol. The fourth-order valence-corrected chi connectivity index (χ4v) is 1.97. The van der Waals surface area contributed by atoms with E-state index in [2.05, 4.69) is 0 Å². The Labute approximate surface area is 100 Å². The highest BCUT2D eigenvalue weighted by atomic mass is 16.5. The number of hydrogen-bond acceptors (Lipinski definition) is 4. The Bertz CT molecular complexity index is 414. The molecule has 1 aromatic rings. The van der Waals surface area contributed by atoms with Crippen molar-refractivity contribution in [2.24, 2.45) is 0 Å². The zero-order valence-electron chi connectivity index (χ0n) is 10.1.